The molecule has 0 saturated carbocycles. The zero-order chi connectivity index (χ0) is 14.1. The number of nitrogens with one attached hydrogen (secondary N) is 1. The Kier molecular flexibility index (Phi) is 6.47. The fourth-order valence-electron chi connectivity index (χ4n) is 1.43. The summed E-state index contributed by atoms with van der Waals surface area (Å²) in [4.78, 5) is 0. The van der Waals surface area contributed by atoms with E-state index in [-0.39, 0.29) is 0 Å². The van der Waals surface area contributed by atoms with Gasteiger partial charge in [-0.2, -0.15) is 0 Å². The Labute approximate surface area is 115 Å². The lowest BCUT2D eigenvalue weighted by Crippen LogP contribution is -2.06. The number of nitrogen functional groups attached to an aromatic ring is 1. The molecular formula is C16H22N2O. The van der Waals surface area contributed by atoms with Crippen molar-refractivity contribution in [1.82, 2.24) is 0 Å². The first-order valence-electron chi connectivity index (χ1n) is 6.35. The van der Waals surface area contributed by atoms with Crippen LogP contribution in [0.15, 0.2) is 60.7 Å². The van der Waals surface area contributed by atoms with E-state index in [9.17, 15) is 0 Å². The molecule has 1 rings (SSSR count). The standard InChI is InChI=1S/C16H22N2O/c1-4-5-14(7-6-13(2)3)12-19-16-10-8-15(18-17)9-11-16/h4-11,13,18H,1,12,17H2,2-3H3/b7-6-,14-5+. The molecule has 3 heteroatoms. The summed E-state index contributed by atoms with van der Waals surface area (Å²) in [6.07, 6.45) is 7.93. The number of allylic oxidation sites excluding steroid dienone is 3. The van der Waals surface area contributed by atoms with E-state index in [1.165, 1.54) is 0 Å². The maximum absolute atomic E-state index is 5.72. The molecule has 0 heterocycles. The Morgan fingerprint density at radius 3 is 2.58 bits per heavy atom. The first-order chi connectivity index (χ1) is 9.15. The van der Waals surface area contributed by atoms with Crippen molar-refractivity contribution >= 4 is 5.69 Å². The van der Waals surface area contributed by atoms with Gasteiger partial charge in [-0.1, -0.05) is 44.7 Å². The number of hydrogen-bond acceptors (Lipinski definition) is 3. The Hall–Kier alpha value is -2.00. The number of ether oxygens (including phenoxy) is 1. The molecular weight excluding hydrogens is 236 g/mol. The minimum atomic E-state index is 0.517. The van der Waals surface area contributed by atoms with Gasteiger partial charge in [0.1, 0.15) is 12.4 Å². The van der Waals surface area contributed by atoms with E-state index in [1.807, 2.05) is 30.3 Å². The van der Waals surface area contributed by atoms with Gasteiger partial charge in [-0.3, -0.25) is 5.84 Å². The highest BCUT2D eigenvalue weighted by Crippen LogP contribution is 2.15. The van der Waals surface area contributed by atoms with Crippen LogP contribution in [0, 0.1) is 5.92 Å². The fourth-order valence-corrected chi connectivity index (χ4v) is 1.43. The van der Waals surface area contributed by atoms with Crippen molar-refractivity contribution in [1.29, 1.82) is 0 Å². The quantitative estimate of drug-likeness (QED) is 0.445. The van der Waals surface area contributed by atoms with Crippen molar-refractivity contribution in [3.63, 3.8) is 0 Å². The lowest BCUT2D eigenvalue weighted by Gasteiger charge is -2.08. The van der Waals surface area contributed by atoms with Crippen LogP contribution >= 0.6 is 0 Å². The van der Waals surface area contributed by atoms with Crippen molar-refractivity contribution in [3.8, 4) is 5.75 Å². The van der Waals surface area contributed by atoms with Crippen molar-refractivity contribution in [2.24, 2.45) is 11.8 Å². The number of hydrazine groups is 1. The van der Waals surface area contributed by atoms with Gasteiger partial charge < -0.3 is 10.2 Å². The maximum Gasteiger partial charge on any atom is 0.119 e. The van der Waals surface area contributed by atoms with Gasteiger partial charge >= 0.3 is 0 Å². The number of rotatable bonds is 7. The molecule has 0 aliphatic carbocycles. The molecule has 0 unspecified atom stereocenters. The molecule has 0 atom stereocenters. The number of hydrogen-bond donors (Lipinski definition) is 2. The van der Waals surface area contributed by atoms with Crippen molar-refractivity contribution in [2.75, 3.05) is 12.0 Å². The summed E-state index contributed by atoms with van der Waals surface area (Å²) < 4.78 is 5.72. The second kappa shape index (κ2) is 8.16. The van der Waals surface area contributed by atoms with Crippen molar-refractivity contribution in [2.45, 2.75) is 13.8 Å². The summed E-state index contributed by atoms with van der Waals surface area (Å²) in [5.41, 5.74) is 4.52. The first kappa shape index (κ1) is 15.1. The zero-order valence-corrected chi connectivity index (χ0v) is 11.6. The summed E-state index contributed by atoms with van der Waals surface area (Å²) in [7, 11) is 0. The fraction of sp³-hybridized carbons (Fsp3) is 0.250. The van der Waals surface area contributed by atoms with Crippen LogP contribution in [-0.4, -0.2) is 6.61 Å². The molecule has 0 amide bonds. The number of benzene rings is 1. The van der Waals surface area contributed by atoms with Crippen LogP contribution in [0.2, 0.25) is 0 Å². The van der Waals surface area contributed by atoms with Gasteiger partial charge in [-0.05, 0) is 35.8 Å². The highest BCUT2D eigenvalue weighted by molar-refractivity contribution is 5.45. The van der Waals surface area contributed by atoms with Gasteiger partial charge in [0.15, 0.2) is 0 Å². The summed E-state index contributed by atoms with van der Waals surface area (Å²) in [5.74, 6) is 6.64. The molecule has 0 aliphatic heterocycles. The van der Waals surface area contributed by atoms with E-state index in [0.717, 1.165) is 17.0 Å². The number of anilines is 1. The van der Waals surface area contributed by atoms with E-state index in [1.54, 1.807) is 6.08 Å². The van der Waals surface area contributed by atoms with E-state index in [2.05, 4.69) is 38.0 Å². The summed E-state index contributed by atoms with van der Waals surface area (Å²) in [6, 6.07) is 7.51. The van der Waals surface area contributed by atoms with Crippen LogP contribution in [-0.2, 0) is 0 Å². The highest BCUT2D eigenvalue weighted by atomic mass is 16.5. The topological polar surface area (TPSA) is 47.3 Å². The molecule has 0 aromatic heterocycles. The molecule has 0 spiro atoms. The average Bonchev–Trinajstić information content (AvgIpc) is 2.42. The molecule has 0 saturated heterocycles. The molecule has 0 radical (unpaired) electrons. The monoisotopic (exact) mass is 258 g/mol. The lowest BCUT2D eigenvalue weighted by atomic mass is 10.1. The van der Waals surface area contributed by atoms with Crippen LogP contribution in [0.25, 0.3) is 0 Å². The largest absolute Gasteiger partial charge is 0.489 e. The van der Waals surface area contributed by atoms with Gasteiger partial charge in [-0.15, -0.1) is 0 Å². The van der Waals surface area contributed by atoms with Crippen LogP contribution in [0.1, 0.15) is 13.8 Å². The molecule has 0 bridgehead atoms. The van der Waals surface area contributed by atoms with E-state index < -0.39 is 0 Å². The molecule has 19 heavy (non-hydrogen) atoms. The van der Waals surface area contributed by atoms with Gasteiger partial charge in [0, 0.05) is 5.69 Å². The third-order valence-corrected chi connectivity index (χ3v) is 2.45. The number of nitrogens with two attached hydrogens (primary N) is 1. The summed E-state index contributed by atoms with van der Waals surface area (Å²) in [5, 5.41) is 0. The van der Waals surface area contributed by atoms with Crippen LogP contribution in [0.5, 0.6) is 5.75 Å². The Morgan fingerprint density at radius 1 is 1.37 bits per heavy atom. The van der Waals surface area contributed by atoms with Gasteiger partial charge in [0.05, 0.1) is 0 Å². The maximum atomic E-state index is 5.72. The predicted octanol–water partition coefficient (Wildman–Crippen LogP) is 3.68. The van der Waals surface area contributed by atoms with Gasteiger partial charge in [-0.25, -0.2) is 0 Å². The highest BCUT2D eigenvalue weighted by Gasteiger charge is 1.97. The Balaban J connectivity index is 2.60. The Bertz CT molecular complexity index is 444. The van der Waals surface area contributed by atoms with E-state index >= 15 is 0 Å². The van der Waals surface area contributed by atoms with E-state index in [4.69, 9.17) is 10.6 Å². The summed E-state index contributed by atoms with van der Waals surface area (Å²) in [6.45, 7) is 8.52. The molecule has 0 aliphatic rings. The third kappa shape index (κ3) is 5.93. The average molecular weight is 258 g/mol. The molecule has 3 nitrogen and oxygen atoms in total. The van der Waals surface area contributed by atoms with Crippen LogP contribution < -0.4 is 16.0 Å². The van der Waals surface area contributed by atoms with Crippen molar-refractivity contribution < 1.29 is 4.74 Å². The van der Waals surface area contributed by atoms with Crippen LogP contribution in [0.3, 0.4) is 0 Å². The van der Waals surface area contributed by atoms with Crippen LogP contribution in [0.4, 0.5) is 5.69 Å². The molecule has 3 N–H and O–H groups in total. The molecule has 0 fully saturated rings. The summed E-state index contributed by atoms with van der Waals surface area (Å²) >= 11 is 0. The molecule has 1 aromatic rings. The smallest absolute Gasteiger partial charge is 0.119 e. The minimum absolute atomic E-state index is 0.517. The van der Waals surface area contributed by atoms with Gasteiger partial charge in [0.2, 0.25) is 0 Å². The minimum Gasteiger partial charge on any atom is -0.489 e. The third-order valence-electron chi connectivity index (χ3n) is 2.45. The lowest BCUT2D eigenvalue weighted by molar-refractivity contribution is 0.355. The second-order valence-electron chi connectivity index (χ2n) is 4.54. The SMILES string of the molecule is C=C/C=C(\C=C/C(C)C)COc1ccc(NN)cc1. The van der Waals surface area contributed by atoms with Gasteiger partial charge in [0.25, 0.3) is 0 Å². The normalized spacial score (nSPS) is 11.9. The van der Waals surface area contributed by atoms with Crippen molar-refractivity contribution in [3.05, 3.63) is 60.7 Å². The second-order valence-corrected chi connectivity index (χ2v) is 4.54. The molecule has 102 valence electrons. The predicted molar refractivity (Wildman–Crippen MR) is 82.0 cm³/mol. The zero-order valence-electron chi connectivity index (χ0n) is 11.6. The van der Waals surface area contributed by atoms with E-state index in [0.29, 0.717) is 12.5 Å². The first-order valence-corrected chi connectivity index (χ1v) is 6.35. The Morgan fingerprint density at radius 2 is 2.05 bits per heavy atom. The molecule has 1 aromatic carbocycles.